The molecule has 3 heteroatoms. The molecule has 0 heterocycles. The third-order valence-electron chi connectivity index (χ3n) is 3.94. The van der Waals surface area contributed by atoms with Crippen LogP contribution in [0.1, 0.15) is 66.2 Å². The van der Waals surface area contributed by atoms with Gasteiger partial charge in [0.05, 0.1) is 13.0 Å². The molecule has 0 aromatic carbocycles. The van der Waals surface area contributed by atoms with E-state index in [1.165, 1.54) is 24.8 Å². The maximum absolute atomic E-state index is 11.6. The predicted molar refractivity (Wildman–Crippen MR) is 88.1 cm³/mol. The second-order valence-corrected chi connectivity index (χ2v) is 7.40. The maximum Gasteiger partial charge on any atom is 0.306 e. The topological polar surface area (TPSA) is 26.3 Å². The Balaban J connectivity index is 2.31. The van der Waals surface area contributed by atoms with E-state index in [1.54, 1.807) is 5.57 Å². The van der Waals surface area contributed by atoms with Gasteiger partial charge in [-0.2, -0.15) is 11.8 Å². The van der Waals surface area contributed by atoms with Crippen molar-refractivity contribution in [1.82, 2.24) is 0 Å². The van der Waals surface area contributed by atoms with Crippen molar-refractivity contribution in [2.75, 3.05) is 12.4 Å². The van der Waals surface area contributed by atoms with E-state index in [9.17, 15) is 4.79 Å². The highest BCUT2D eigenvalue weighted by atomic mass is 32.2. The summed E-state index contributed by atoms with van der Waals surface area (Å²) in [6.45, 7) is 9.47. The van der Waals surface area contributed by atoms with Gasteiger partial charge in [-0.1, -0.05) is 31.4 Å². The fourth-order valence-corrected chi connectivity index (χ4v) is 4.20. The van der Waals surface area contributed by atoms with Gasteiger partial charge in [-0.15, -0.1) is 0 Å². The van der Waals surface area contributed by atoms with Gasteiger partial charge in [-0.3, -0.25) is 4.79 Å². The van der Waals surface area contributed by atoms with Crippen LogP contribution in [-0.4, -0.2) is 23.6 Å². The molecule has 1 saturated carbocycles. The number of carbonyl (C=O) groups is 1. The molecule has 0 aliphatic heterocycles. The average molecular weight is 298 g/mol. The van der Waals surface area contributed by atoms with Crippen molar-refractivity contribution in [2.24, 2.45) is 5.92 Å². The van der Waals surface area contributed by atoms with Crippen molar-refractivity contribution in [3.8, 4) is 0 Å². The summed E-state index contributed by atoms with van der Waals surface area (Å²) in [5.74, 6) is 1.67. The van der Waals surface area contributed by atoms with Crippen LogP contribution in [0.5, 0.6) is 0 Å². The van der Waals surface area contributed by atoms with Gasteiger partial charge in [0.25, 0.3) is 0 Å². The van der Waals surface area contributed by atoms with Crippen molar-refractivity contribution in [3.05, 3.63) is 11.1 Å². The third-order valence-corrected chi connectivity index (χ3v) is 5.26. The summed E-state index contributed by atoms with van der Waals surface area (Å²) in [6.07, 6.45) is 6.41. The Kier molecular flexibility index (Phi) is 8.35. The molecule has 0 bridgehead atoms. The van der Waals surface area contributed by atoms with Crippen LogP contribution in [0.2, 0.25) is 0 Å². The number of hydrogen-bond donors (Lipinski definition) is 0. The van der Waals surface area contributed by atoms with Crippen LogP contribution in [0.25, 0.3) is 0 Å². The normalized spacial score (nSPS) is 22.7. The molecule has 1 aliphatic rings. The maximum atomic E-state index is 11.6. The minimum atomic E-state index is -0.0337. The number of rotatable bonds is 7. The number of unbranched alkanes of at least 4 members (excludes halogenated alkanes) is 1. The molecule has 1 rings (SSSR count). The summed E-state index contributed by atoms with van der Waals surface area (Å²) >= 11 is 1.95. The summed E-state index contributed by atoms with van der Waals surface area (Å²) in [5, 5.41) is 0.618. The van der Waals surface area contributed by atoms with Gasteiger partial charge in [0.2, 0.25) is 0 Å². The number of carbonyl (C=O) groups excluding carboxylic acids is 1. The first kappa shape index (κ1) is 17.6. The molecule has 0 spiro atoms. The van der Waals surface area contributed by atoms with Gasteiger partial charge in [0, 0.05) is 11.0 Å². The number of hydrogen-bond acceptors (Lipinski definition) is 3. The Labute approximate surface area is 128 Å². The highest BCUT2D eigenvalue weighted by Crippen LogP contribution is 2.37. The lowest BCUT2D eigenvalue weighted by Crippen LogP contribution is -2.20. The number of esters is 1. The summed E-state index contributed by atoms with van der Waals surface area (Å²) < 4.78 is 5.20. The Morgan fingerprint density at radius 1 is 1.40 bits per heavy atom. The van der Waals surface area contributed by atoms with Crippen LogP contribution in [-0.2, 0) is 9.53 Å². The molecule has 0 saturated heterocycles. The van der Waals surface area contributed by atoms with Crippen molar-refractivity contribution in [1.29, 1.82) is 0 Å². The van der Waals surface area contributed by atoms with Gasteiger partial charge < -0.3 is 4.74 Å². The molecular formula is C17H30O2S. The monoisotopic (exact) mass is 298 g/mol. The molecule has 20 heavy (non-hydrogen) atoms. The van der Waals surface area contributed by atoms with Gasteiger partial charge in [0.15, 0.2) is 0 Å². The zero-order valence-corrected chi connectivity index (χ0v) is 14.4. The Bertz CT molecular complexity index is 332. The van der Waals surface area contributed by atoms with Gasteiger partial charge in [-0.25, -0.2) is 0 Å². The second kappa shape index (κ2) is 9.49. The Morgan fingerprint density at radius 3 is 2.80 bits per heavy atom. The molecule has 0 aromatic heterocycles. The zero-order chi connectivity index (χ0) is 15.0. The van der Waals surface area contributed by atoms with Crippen molar-refractivity contribution >= 4 is 17.7 Å². The van der Waals surface area contributed by atoms with Crippen molar-refractivity contribution < 1.29 is 9.53 Å². The van der Waals surface area contributed by atoms with Gasteiger partial charge >= 0.3 is 5.97 Å². The minimum Gasteiger partial charge on any atom is -0.466 e. The van der Waals surface area contributed by atoms with Crippen molar-refractivity contribution in [2.45, 2.75) is 71.5 Å². The van der Waals surface area contributed by atoms with E-state index >= 15 is 0 Å². The first-order valence-corrected chi connectivity index (χ1v) is 9.03. The van der Waals surface area contributed by atoms with Crippen molar-refractivity contribution in [3.63, 3.8) is 0 Å². The highest BCUT2D eigenvalue weighted by molar-refractivity contribution is 8.00. The predicted octanol–water partition coefficient (Wildman–Crippen LogP) is 4.98. The van der Waals surface area contributed by atoms with E-state index in [4.69, 9.17) is 4.74 Å². The molecule has 0 radical (unpaired) electrons. The van der Waals surface area contributed by atoms with E-state index < -0.39 is 0 Å². The summed E-state index contributed by atoms with van der Waals surface area (Å²) in [4.78, 5) is 11.6. The smallest absolute Gasteiger partial charge is 0.306 e. The first-order chi connectivity index (χ1) is 9.54. The van der Waals surface area contributed by atoms with E-state index in [-0.39, 0.29) is 5.97 Å². The van der Waals surface area contributed by atoms with Crippen LogP contribution in [0.3, 0.4) is 0 Å². The van der Waals surface area contributed by atoms with E-state index in [2.05, 4.69) is 27.7 Å². The van der Waals surface area contributed by atoms with Crippen LogP contribution in [0, 0.1) is 5.92 Å². The highest BCUT2D eigenvalue weighted by Gasteiger charge is 2.24. The lowest BCUT2D eigenvalue weighted by Gasteiger charge is -2.30. The van der Waals surface area contributed by atoms with Gasteiger partial charge in [-0.05, 0) is 45.4 Å². The summed E-state index contributed by atoms with van der Waals surface area (Å²) in [5.41, 5.74) is 3.09. The number of allylic oxidation sites excluding steroid dienone is 1. The van der Waals surface area contributed by atoms with Gasteiger partial charge in [0.1, 0.15) is 0 Å². The van der Waals surface area contributed by atoms with Crippen LogP contribution < -0.4 is 0 Å². The molecule has 2 atom stereocenters. The zero-order valence-electron chi connectivity index (χ0n) is 13.5. The van der Waals surface area contributed by atoms with E-state index in [0.717, 1.165) is 24.5 Å². The Morgan fingerprint density at radius 2 is 2.15 bits per heavy atom. The number of ether oxygens (including phenoxy) is 1. The SMILES string of the molecule is CCCCOC(=O)CCSC1CC(C)CCC1=C(C)C. The molecule has 1 aliphatic carbocycles. The molecule has 1 fully saturated rings. The van der Waals surface area contributed by atoms with Crippen LogP contribution >= 0.6 is 11.8 Å². The lowest BCUT2D eigenvalue weighted by atomic mass is 9.85. The van der Waals surface area contributed by atoms with E-state index in [1.807, 2.05) is 11.8 Å². The van der Waals surface area contributed by atoms with E-state index in [0.29, 0.717) is 18.3 Å². The summed E-state index contributed by atoms with van der Waals surface area (Å²) in [7, 11) is 0. The molecule has 0 aromatic rings. The molecule has 0 amide bonds. The molecular weight excluding hydrogens is 268 g/mol. The quantitative estimate of drug-likeness (QED) is 0.377. The van der Waals surface area contributed by atoms with Crippen LogP contribution in [0.15, 0.2) is 11.1 Å². The third kappa shape index (κ3) is 6.34. The fourth-order valence-electron chi connectivity index (χ4n) is 2.62. The molecule has 0 N–H and O–H groups in total. The second-order valence-electron chi connectivity index (χ2n) is 6.09. The standard InChI is InChI=1S/C17H30O2S/c1-5-6-10-19-17(18)9-11-20-16-12-14(4)7-8-15(16)13(2)3/h14,16H,5-12H2,1-4H3. The number of thioether (sulfide) groups is 1. The molecule has 2 unspecified atom stereocenters. The minimum absolute atomic E-state index is 0.0337. The fraction of sp³-hybridized carbons (Fsp3) is 0.824. The molecule has 2 nitrogen and oxygen atoms in total. The lowest BCUT2D eigenvalue weighted by molar-refractivity contribution is -0.143. The van der Waals surface area contributed by atoms with Crippen LogP contribution in [0.4, 0.5) is 0 Å². The largest absolute Gasteiger partial charge is 0.466 e. The first-order valence-electron chi connectivity index (χ1n) is 7.98. The summed E-state index contributed by atoms with van der Waals surface area (Å²) in [6, 6.07) is 0. The Hall–Kier alpha value is -0.440. The average Bonchev–Trinajstić information content (AvgIpc) is 2.38. The molecule has 116 valence electrons.